The number of nitrogens with one attached hydrogen (secondary N) is 2. The van der Waals surface area contributed by atoms with E-state index in [0.29, 0.717) is 16.4 Å². The van der Waals surface area contributed by atoms with Crippen molar-refractivity contribution in [1.82, 2.24) is 19.7 Å². The zero-order valence-corrected chi connectivity index (χ0v) is 20.6. The molecule has 0 fully saturated rings. The van der Waals surface area contributed by atoms with Crippen molar-refractivity contribution in [3.8, 4) is 22.6 Å². The van der Waals surface area contributed by atoms with E-state index in [-0.39, 0.29) is 12.3 Å². The first-order valence-corrected chi connectivity index (χ1v) is 12.3. The summed E-state index contributed by atoms with van der Waals surface area (Å²) >= 11 is 6.88. The lowest BCUT2D eigenvalue weighted by Gasteiger charge is -2.07. The summed E-state index contributed by atoms with van der Waals surface area (Å²) in [5, 5.41) is 10.8. The Morgan fingerprint density at radius 1 is 1.15 bits per heavy atom. The van der Waals surface area contributed by atoms with Gasteiger partial charge in [-0.25, -0.2) is 4.98 Å². The number of nitrogens with zero attached hydrogens (tertiary/aromatic N) is 3. The van der Waals surface area contributed by atoms with E-state index in [9.17, 15) is 4.79 Å². The number of carbonyl (C=O) groups excluding carboxylic acids is 1. The molecular weight excluding hydrogens is 450 g/mol. The highest BCUT2D eigenvalue weighted by molar-refractivity contribution is 7.71. The molecule has 0 aliphatic heterocycles. The second-order valence-corrected chi connectivity index (χ2v) is 9.63. The minimum atomic E-state index is -0.105. The number of H-pyrrole nitrogens is 1. The largest absolute Gasteiger partial charge is 0.302 e. The number of hydrogen-bond donors (Lipinski definition) is 2. The van der Waals surface area contributed by atoms with E-state index in [1.807, 2.05) is 36.6 Å². The molecule has 1 amide bonds. The van der Waals surface area contributed by atoms with E-state index >= 15 is 0 Å². The van der Waals surface area contributed by atoms with Crippen LogP contribution in [0.15, 0.2) is 48.5 Å². The van der Waals surface area contributed by atoms with Gasteiger partial charge in [0, 0.05) is 29.0 Å². The lowest BCUT2D eigenvalue weighted by atomic mass is 10.1. The molecule has 170 valence electrons. The number of carbonyl (C=O) groups is 1. The van der Waals surface area contributed by atoms with E-state index < -0.39 is 0 Å². The Hall–Kier alpha value is -3.10. The van der Waals surface area contributed by atoms with Crippen molar-refractivity contribution in [2.75, 3.05) is 5.32 Å². The highest BCUT2D eigenvalue weighted by Gasteiger charge is 2.14. The third kappa shape index (κ3) is 5.46. The molecule has 0 bridgehead atoms. The molecule has 4 aromatic rings. The fourth-order valence-electron chi connectivity index (χ4n) is 3.76. The maximum Gasteiger partial charge on any atom is 0.227 e. The first-order chi connectivity index (χ1) is 15.9. The molecule has 0 radical (unpaired) electrons. The summed E-state index contributed by atoms with van der Waals surface area (Å²) in [4.78, 5) is 18.4. The first kappa shape index (κ1) is 23.1. The third-order valence-electron chi connectivity index (χ3n) is 5.41. The summed E-state index contributed by atoms with van der Waals surface area (Å²) < 4.78 is 2.36. The number of thiazole rings is 1. The molecule has 4 rings (SSSR count). The Labute approximate surface area is 202 Å². The van der Waals surface area contributed by atoms with E-state index in [1.54, 1.807) is 0 Å². The zero-order valence-electron chi connectivity index (χ0n) is 19.0. The van der Waals surface area contributed by atoms with Crippen LogP contribution in [0.25, 0.3) is 22.6 Å². The number of aryl methyl sites for hydroxylation is 3. The van der Waals surface area contributed by atoms with Crippen molar-refractivity contribution >= 4 is 34.6 Å². The van der Waals surface area contributed by atoms with Crippen LogP contribution in [-0.4, -0.2) is 25.7 Å². The fourth-order valence-corrected chi connectivity index (χ4v) is 4.84. The van der Waals surface area contributed by atoms with Gasteiger partial charge in [0.25, 0.3) is 0 Å². The molecule has 2 heterocycles. The minimum Gasteiger partial charge on any atom is -0.302 e. The summed E-state index contributed by atoms with van der Waals surface area (Å²) in [5.41, 5.74) is 5.41. The van der Waals surface area contributed by atoms with Crippen LogP contribution in [0.4, 0.5) is 5.13 Å². The number of anilines is 1. The van der Waals surface area contributed by atoms with Gasteiger partial charge in [-0.05, 0) is 44.1 Å². The van der Waals surface area contributed by atoms with Crippen molar-refractivity contribution in [2.24, 2.45) is 0 Å². The van der Waals surface area contributed by atoms with Crippen LogP contribution in [0.5, 0.6) is 0 Å². The lowest BCUT2D eigenvalue weighted by Crippen LogP contribution is -2.15. The van der Waals surface area contributed by atoms with Gasteiger partial charge < -0.3 is 5.32 Å². The quantitative estimate of drug-likeness (QED) is 0.291. The Kier molecular flexibility index (Phi) is 7.15. The topological polar surface area (TPSA) is 75.6 Å². The van der Waals surface area contributed by atoms with Crippen molar-refractivity contribution < 1.29 is 4.79 Å². The Morgan fingerprint density at radius 2 is 1.94 bits per heavy atom. The normalized spacial score (nSPS) is 11.0. The van der Waals surface area contributed by atoms with Crippen LogP contribution in [0.3, 0.4) is 0 Å². The number of amides is 1. The highest BCUT2D eigenvalue weighted by atomic mass is 32.1. The minimum absolute atomic E-state index is 0.105. The molecule has 2 aromatic carbocycles. The Bertz CT molecular complexity index is 1320. The molecule has 0 aliphatic rings. The molecule has 2 aromatic heterocycles. The average Bonchev–Trinajstić information content (AvgIpc) is 3.35. The number of benzene rings is 2. The smallest absolute Gasteiger partial charge is 0.227 e. The monoisotopic (exact) mass is 477 g/mol. The summed E-state index contributed by atoms with van der Waals surface area (Å²) in [7, 11) is 0. The predicted octanol–water partition coefficient (Wildman–Crippen LogP) is 6.33. The molecule has 0 saturated carbocycles. The fraction of sp³-hybridized carbons (Fsp3) is 0.280. The molecule has 0 spiro atoms. The number of aromatic amines is 1. The van der Waals surface area contributed by atoms with Gasteiger partial charge in [-0.1, -0.05) is 61.4 Å². The molecule has 8 heteroatoms. The highest BCUT2D eigenvalue weighted by Crippen LogP contribution is 2.30. The maximum atomic E-state index is 12.7. The molecule has 2 N–H and O–H groups in total. The van der Waals surface area contributed by atoms with Gasteiger partial charge in [-0.3, -0.25) is 14.5 Å². The van der Waals surface area contributed by atoms with Crippen LogP contribution in [-0.2, 0) is 17.8 Å². The second kappa shape index (κ2) is 10.2. The lowest BCUT2D eigenvalue weighted by molar-refractivity contribution is -0.116. The molecule has 0 atom stereocenters. The van der Waals surface area contributed by atoms with Gasteiger partial charge in [-0.15, -0.1) is 11.3 Å². The first-order valence-electron chi connectivity index (χ1n) is 11.0. The molecule has 0 aliphatic carbocycles. The van der Waals surface area contributed by atoms with Crippen molar-refractivity contribution in [3.63, 3.8) is 0 Å². The Morgan fingerprint density at radius 3 is 2.67 bits per heavy atom. The van der Waals surface area contributed by atoms with Crippen LogP contribution >= 0.6 is 23.6 Å². The molecule has 33 heavy (non-hydrogen) atoms. The van der Waals surface area contributed by atoms with Crippen LogP contribution in [0.1, 0.15) is 35.8 Å². The van der Waals surface area contributed by atoms with Crippen molar-refractivity contribution in [3.05, 3.63) is 69.3 Å². The molecule has 6 nitrogen and oxygen atoms in total. The van der Waals surface area contributed by atoms with E-state index in [4.69, 9.17) is 12.2 Å². The Balaban J connectivity index is 1.43. The van der Waals surface area contributed by atoms with Crippen molar-refractivity contribution in [1.29, 1.82) is 0 Å². The van der Waals surface area contributed by atoms with Crippen LogP contribution in [0.2, 0.25) is 0 Å². The van der Waals surface area contributed by atoms with Gasteiger partial charge in [0.1, 0.15) is 0 Å². The number of aromatic nitrogens is 4. The number of hydrogen-bond acceptors (Lipinski definition) is 5. The van der Waals surface area contributed by atoms with Gasteiger partial charge in [-0.2, -0.15) is 5.10 Å². The summed E-state index contributed by atoms with van der Waals surface area (Å²) in [6, 6.07) is 16.6. The average molecular weight is 478 g/mol. The standard InChI is InChI=1S/C25H27N5OS2/c1-4-6-18-9-11-19(12-10-18)22-17(3)33-24(27-22)26-21(31)13-14-30-23(28-29-25(30)32)20-8-5-7-16(2)15-20/h5,7-12,15H,4,6,13-14H2,1-3H3,(H,29,32)(H,26,27,31). The van der Waals surface area contributed by atoms with E-state index in [0.717, 1.165) is 45.9 Å². The van der Waals surface area contributed by atoms with E-state index in [2.05, 4.69) is 57.8 Å². The molecular formula is C25H27N5OS2. The van der Waals surface area contributed by atoms with Crippen LogP contribution in [0, 0.1) is 18.6 Å². The second-order valence-electron chi connectivity index (χ2n) is 8.04. The third-order valence-corrected chi connectivity index (χ3v) is 6.60. The van der Waals surface area contributed by atoms with Gasteiger partial charge in [0.2, 0.25) is 5.91 Å². The zero-order chi connectivity index (χ0) is 23.4. The number of rotatable bonds is 8. The van der Waals surface area contributed by atoms with Gasteiger partial charge in [0.15, 0.2) is 15.7 Å². The maximum absolute atomic E-state index is 12.7. The summed E-state index contributed by atoms with van der Waals surface area (Å²) in [6.07, 6.45) is 2.47. The molecule has 0 unspecified atom stereocenters. The summed E-state index contributed by atoms with van der Waals surface area (Å²) in [5.74, 6) is 0.627. The summed E-state index contributed by atoms with van der Waals surface area (Å²) in [6.45, 7) is 6.67. The van der Waals surface area contributed by atoms with Gasteiger partial charge >= 0.3 is 0 Å². The predicted molar refractivity (Wildman–Crippen MR) is 137 cm³/mol. The van der Waals surface area contributed by atoms with Crippen LogP contribution < -0.4 is 5.32 Å². The SMILES string of the molecule is CCCc1ccc(-c2nc(NC(=O)CCn3c(-c4cccc(C)c4)n[nH]c3=S)sc2C)cc1. The van der Waals surface area contributed by atoms with Gasteiger partial charge in [0.05, 0.1) is 5.69 Å². The van der Waals surface area contributed by atoms with E-state index in [1.165, 1.54) is 16.9 Å². The molecule has 0 saturated heterocycles. The van der Waals surface area contributed by atoms with Crippen molar-refractivity contribution in [2.45, 2.75) is 46.6 Å².